The van der Waals surface area contributed by atoms with E-state index >= 15 is 0 Å². The second kappa shape index (κ2) is 11.7. The molecule has 1 unspecified atom stereocenters. The molecule has 0 saturated carbocycles. The highest BCUT2D eigenvalue weighted by molar-refractivity contribution is 6.33. The second-order valence-corrected chi connectivity index (χ2v) is 10.2. The lowest BCUT2D eigenvalue weighted by Gasteiger charge is -2.26. The molecule has 0 spiro atoms. The normalized spacial score (nSPS) is 17.4. The smallest absolute Gasteiger partial charge is 0.255 e. The van der Waals surface area contributed by atoms with Crippen LogP contribution in [0, 0.1) is 5.82 Å². The van der Waals surface area contributed by atoms with Crippen LogP contribution in [0.2, 0.25) is 5.02 Å². The van der Waals surface area contributed by atoms with Gasteiger partial charge in [-0.15, -0.1) is 0 Å². The Morgan fingerprint density at radius 3 is 2.80 bits per heavy atom. The fourth-order valence-corrected chi connectivity index (χ4v) is 5.00. The van der Waals surface area contributed by atoms with E-state index in [1.54, 1.807) is 24.2 Å². The van der Waals surface area contributed by atoms with Gasteiger partial charge in [-0.05, 0) is 36.2 Å². The Bertz CT molecular complexity index is 1520. The number of ether oxygens (including phenoxy) is 1. The number of halogens is 2. The Labute approximate surface area is 241 Å². The second-order valence-electron chi connectivity index (χ2n) is 9.81. The summed E-state index contributed by atoms with van der Waals surface area (Å²) in [6, 6.07) is 7.53. The average molecular weight is 582 g/mol. The molecule has 3 N–H and O–H groups in total. The van der Waals surface area contributed by atoms with Crippen LogP contribution in [-0.2, 0) is 11.3 Å². The number of fused-ring (bicyclic) bond motifs is 1. The van der Waals surface area contributed by atoms with Gasteiger partial charge in [0.1, 0.15) is 23.8 Å². The summed E-state index contributed by atoms with van der Waals surface area (Å²) in [6.45, 7) is 1.35. The number of carbonyl (C=O) groups excluding carboxylic acids is 2. The zero-order chi connectivity index (χ0) is 29.3. The van der Waals surface area contributed by atoms with Gasteiger partial charge in [0.25, 0.3) is 5.91 Å². The number of benzene rings is 2. The lowest BCUT2D eigenvalue weighted by atomic mass is 10.0. The van der Waals surface area contributed by atoms with Crippen LogP contribution < -0.4 is 15.4 Å². The number of aromatic nitrogens is 2. The van der Waals surface area contributed by atoms with Gasteiger partial charge in [-0.25, -0.2) is 14.4 Å². The van der Waals surface area contributed by atoms with E-state index in [1.165, 1.54) is 36.4 Å². The van der Waals surface area contributed by atoms with E-state index in [0.29, 0.717) is 39.8 Å². The zero-order valence-electron chi connectivity index (χ0n) is 22.6. The average Bonchev–Trinajstić information content (AvgIpc) is 3.53. The van der Waals surface area contributed by atoms with Crippen molar-refractivity contribution < 1.29 is 23.8 Å². The Balaban J connectivity index is 1.31. The van der Waals surface area contributed by atoms with E-state index < -0.39 is 30.4 Å². The molecule has 2 amide bonds. The minimum atomic E-state index is -0.889. The largest absolute Gasteiger partial charge is 0.497 e. The summed E-state index contributed by atoms with van der Waals surface area (Å²) in [4.78, 5) is 36.9. The van der Waals surface area contributed by atoms with Crippen LogP contribution in [0.4, 0.5) is 10.3 Å². The lowest BCUT2D eigenvalue weighted by molar-refractivity contribution is -0.126. The van der Waals surface area contributed by atoms with Crippen molar-refractivity contribution in [2.75, 3.05) is 26.1 Å². The first-order chi connectivity index (χ1) is 19.7. The zero-order valence-corrected chi connectivity index (χ0v) is 23.4. The molecule has 0 aliphatic carbocycles. The number of hydrogen-bond acceptors (Lipinski definition) is 9. The topological polar surface area (TPSA) is 132 Å². The van der Waals surface area contributed by atoms with Gasteiger partial charge in [0, 0.05) is 43.4 Å². The highest BCUT2D eigenvalue weighted by Crippen LogP contribution is 2.32. The molecule has 3 aromatic rings. The Hall–Kier alpha value is -4.29. The van der Waals surface area contributed by atoms with Gasteiger partial charge in [0.05, 0.1) is 36.7 Å². The monoisotopic (exact) mass is 581 g/mol. The Kier molecular flexibility index (Phi) is 8.04. The van der Waals surface area contributed by atoms with E-state index in [2.05, 4.69) is 25.7 Å². The van der Waals surface area contributed by atoms with E-state index in [1.807, 2.05) is 19.2 Å². The first-order valence-corrected chi connectivity index (χ1v) is 13.3. The van der Waals surface area contributed by atoms with Crippen molar-refractivity contribution in [3.8, 4) is 17.0 Å². The van der Waals surface area contributed by atoms with Gasteiger partial charge in [-0.2, -0.15) is 5.10 Å². The van der Waals surface area contributed by atoms with Gasteiger partial charge in [0.15, 0.2) is 0 Å². The van der Waals surface area contributed by atoms with Crippen molar-refractivity contribution in [1.29, 1.82) is 0 Å². The molecule has 41 heavy (non-hydrogen) atoms. The minimum absolute atomic E-state index is 0.0832. The molecule has 2 aliphatic heterocycles. The van der Waals surface area contributed by atoms with Crippen molar-refractivity contribution >= 4 is 35.6 Å². The number of methoxy groups -OCH3 is 1. The number of rotatable bonds is 9. The molecule has 0 fully saturated rings. The summed E-state index contributed by atoms with van der Waals surface area (Å²) in [6.07, 6.45) is 3.92. The Morgan fingerprint density at radius 1 is 1.29 bits per heavy atom. The molecule has 13 heteroatoms. The molecule has 3 atom stereocenters. The number of hydrazone groups is 1. The molecular formula is C28H29ClFN7O4. The first-order valence-electron chi connectivity index (χ1n) is 12.9. The third-order valence-corrected chi connectivity index (χ3v) is 7.45. The minimum Gasteiger partial charge on any atom is -0.497 e. The van der Waals surface area contributed by atoms with E-state index in [4.69, 9.17) is 16.3 Å². The maximum Gasteiger partial charge on any atom is 0.255 e. The van der Waals surface area contributed by atoms with Crippen LogP contribution >= 0.6 is 11.6 Å². The molecule has 2 aliphatic rings. The van der Waals surface area contributed by atoms with Crippen molar-refractivity contribution in [2.45, 2.75) is 38.1 Å². The van der Waals surface area contributed by atoms with Gasteiger partial charge in [0.2, 0.25) is 11.9 Å². The summed E-state index contributed by atoms with van der Waals surface area (Å²) >= 11 is 6.44. The molecule has 214 valence electrons. The van der Waals surface area contributed by atoms with Crippen molar-refractivity contribution in [3.63, 3.8) is 0 Å². The van der Waals surface area contributed by atoms with E-state index in [9.17, 15) is 19.1 Å². The molecule has 5 rings (SSSR count). The van der Waals surface area contributed by atoms with E-state index in [0.717, 1.165) is 5.56 Å². The van der Waals surface area contributed by atoms with Crippen molar-refractivity contribution in [2.24, 2.45) is 5.10 Å². The maximum atomic E-state index is 14.0. The highest BCUT2D eigenvalue weighted by atomic mass is 35.5. The number of hydrogen-bond donors (Lipinski definition) is 3. The number of nitrogens with zero attached hydrogens (tertiary/aromatic N) is 5. The molecule has 11 nitrogen and oxygen atoms in total. The van der Waals surface area contributed by atoms with Crippen LogP contribution in [0.25, 0.3) is 11.3 Å². The van der Waals surface area contributed by atoms with Crippen LogP contribution in [0.5, 0.6) is 5.75 Å². The van der Waals surface area contributed by atoms with Crippen LogP contribution in [0.3, 0.4) is 0 Å². The van der Waals surface area contributed by atoms with E-state index in [-0.39, 0.29) is 24.4 Å². The van der Waals surface area contributed by atoms with Crippen LogP contribution in [0.15, 0.2) is 47.7 Å². The molecule has 0 saturated heterocycles. The molecular weight excluding hydrogens is 553 g/mol. The number of aliphatic hydroxyl groups excluding tert-OH is 1. The number of amides is 2. The van der Waals surface area contributed by atoms with Gasteiger partial charge in [-0.1, -0.05) is 23.7 Å². The SMILES string of the molecule is COc1cc(F)cc([C@@H](CO)NC(=O)[C@@H](C)N2Cc3ccc(-c4nc(NC5CC=NN5C)ncc4Cl)cc3C2=O)c1. The van der Waals surface area contributed by atoms with Gasteiger partial charge >= 0.3 is 0 Å². The number of aliphatic hydroxyl groups is 1. The van der Waals surface area contributed by atoms with Crippen molar-refractivity contribution in [3.05, 3.63) is 70.1 Å². The molecule has 0 bridgehead atoms. The predicted octanol–water partition coefficient (Wildman–Crippen LogP) is 3.20. The van der Waals surface area contributed by atoms with Gasteiger partial charge < -0.3 is 25.4 Å². The maximum absolute atomic E-state index is 14.0. The summed E-state index contributed by atoms with van der Waals surface area (Å²) in [5, 5.41) is 22.1. The third kappa shape index (κ3) is 5.79. The third-order valence-electron chi connectivity index (χ3n) is 7.18. The first kappa shape index (κ1) is 28.2. The standard InChI is InChI=1S/C28H29ClFN7O4/c1-15(26(39)33-23(14-38)18-8-19(30)11-20(9-18)41-3)37-13-17-5-4-16(10-21(17)27(37)40)25-22(29)12-31-28(35-25)34-24-6-7-32-36(24)2/h4-5,7-12,15,23-24,38H,6,13-14H2,1-3H3,(H,33,39)(H,31,34,35)/t15-,23-,24?/m1/s1. The highest BCUT2D eigenvalue weighted by Gasteiger charge is 2.35. The lowest BCUT2D eigenvalue weighted by Crippen LogP contribution is -2.46. The number of anilines is 1. The van der Waals surface area contributed by atoms with Crippen molar-refractivity contribution in [1.82, 2.24) is 25.2 Å². The number of nitrogens with one attached hydrogen (secondary N) is 2. The quantitative estimate of drug-likeness (QED) is 0.351. The van der Waals surface area contributed by atoms with Crippen LogP contribution in [-0.4, -0.2) is 76.0 Å². The molecule has 1 aromatic heterocycles. The summed E-state index contributed by atoms with van der Waals surface area (Å²) in [5.74, 6) is -0.754. The predicted molar refractivity (Wildman–Crippen MR) is 151 cm³/mol. The Morgan fingerprint density at radius 2 is 2.10 bits per heavy atom. The fraction of sp³-hybridized carbons (Fsp3) is 0.321. The molecule has 2 aromatic carbocycles. The summed E-state index contributed by atoms with van der Waals surface area (Å²) in [5.41, 5.74) is 2.61. The molecule has 3 heterocycles. The van der Waals surface area contributed by atoms with Gasteiger partial charge in [-0.3, -0.25) is 14.6 Å². The fourth-order valence-electron chi connectivity index (χ4n) is 4.80. The summed E-state index contributed by atoms with van der Waals surface area (Å²) in [7, 11) is 3.24. The van der Waals surface area contributed by atoms with Crippen LogP contribution in [0.1, 0.15) is 40.9 Å². The number of carbonyl (C=O) groups is 2. The molecule has 0 radical (unpaired) electrons. The summed E-state index contributed by atoms with van der Waals surface area (Å²) < 4.78 is 19.1.